The summed E-state index contributed by atoms with van der Waals surface area (Å²) in [5.41, 5.74) is 5.24. The summed E-state index contributed by atoms with van der Waals surface area (Å²) >= 11 is 0. The number of carbonyl (C=O) groups is 2. The van der Waals surface area contributed by atoms with Crippen LogP contribution in [0.1, 0.15) is 24.2 Å². The summed E-state index contributed by atoms with van der Waals surface area (Å²) in [4.78, 5) is 23.5. The number of nitrogens with two attached hydrogens (primary N) is 1. The lowest BCUT2D eigenvalue weighted by molar-refractivity contribution is -0.144. The van der Waals surface area contributed by atoms with Gasteiger partial charge >= 0.3 is 5.97 Å². The molecule has 0 spiro atoms. The fraction of sp³-hybridized carbons (Fsp3) is 0.385. The number of hydrogen-bond acceptors (Lipinski definition) is 4. The number of hydrogen-bond donors (Lipinski definition) is 2. The van der Waals surface area contributed by atoms with Crippen molar-refractivity contribution in [2.45, 2.75) is 19.9 Å². The van der Waals surface area contributed by atoms with Crippen molar-refractivity contribution < 1.29 is 18.7 Å². The number of halogens is 1. The van der Waals surface area contributed by atoms with Crippen LogP contribution in [0.5, 0.6) is 0 Å². The Balaban J connectivity index is 2.94. The molecule has 1 atom stereocenters. The molecule has 1 aromatic carbocycles. The zero-order valence-corrected chi connectivity index (χ0v) is 11.1. The lowest BCUT2D eigenvalue weighted by atomic mass is 10.0. The van der Waals surface area contributed by atoms with Gasteiger partial charge in [-0.15, -0.1) is 0 Å². The van der Waals surface area contributed by atoms with Gasteiger partial charge in [-0.3, -0.25) is 4.79 Å². The van der Waals surface area contributed by atoms with Crippen molar-refractivity contribution in [1.82, 2.24) is 5.32 Å². The van der Waals surface area contributed by atoms with Crippen molar-refractivity contribution in [3.63, 3.8) is 0 Å². The zero-order chi connectivity index (χ0) is 14.6. The monoisotopic (exact) mass is 268 g/mol. The number of rotatable bonds is 4. The van der Waals surface area contributed by atoms with Crippen LogP contribution >= 0.6 is 0 Å². The normalized spacial score (nSPS) is 12.1. The third kappa shape index (κ3) is 3.43. The number of amides is 1. The Morgan fingerprint density at radius 1 is 1.37 bits per heavy atom. The fourth-order valence-electron chi connectivity index (χ4n) is 1.58. The first kappa shape index (κ1) is 14.9. The van der Waals surface area contributed by atoms with Crippen molar-refractivity contribution in [2.24, 2.45) is 5.92 Å². The molecule has 0 fully saturated rings. The summed E-state index contributed by atoms with van der Waals surface area (Å²) in [5.74, 6) is -2.00. The van der Waals surface area contributed by atoms with E-state index >= 15 is 0 Å². The molecule has 19 heavy (non-hydrogen) atoms. The Morgan fingerprint density at radius 3 is 2.53 bits per heavy atom. The Kier molecular flexibility index (Phi) is 4.86. The molecule has 0 aliphatic rings. The van der Waals surface area contributed by atoms with Crippen LogP contribution in [-0.2, 0) is 9.53 Å². The SMILES string of the molecule is COC(=O)C(NC(=O)c1cccc(F)c1N)C(C)C. The molecule has 1 aromatic rings. The zero-order valence-electron chi connectivity index (χ0n) is 11.1. The second-order valence-corrected chi connectivity index (χ2v) is 4.42. The maximum atomic E-state index is 13.3. The summed E-state index contributed by atoms with van der Waals surface area (Å²) in [6.45, 7) is 3.52. The number of esters is 1. The third-order valence-corrected chi connectivity index (χ3v) is 2.71. The van der Waals surface area contributed by atoms with E-state index in [0.717, 1.165) is 6.07 Å². The van der Waals surface area contributed by atoms with Gasteiger partial charge < -0.3 is 15.8 Å². The Labute approximate surface area is 110 Å². The van der Waals surface area contributed by atoms with Crippen LogP contribution < -0.4 is 11.1 Å². The number of carbonyl (C=O) groups excluding carboxylic acids is 2. The Bertz CT molecular complexity index is 489. The number of anilines is 1. The molecule has 0 heterocycles. The van der Waals surface area contributed by atoms with E-state index in [1.807, 2.05) is 0 Å². The second kappa shape index (κ2) is 6.17. The van der Waals surface area contributed by atoms with Crippen LogP contribution in [0.25, 0.3) is 0 Å². The summed E-state index contributed by atoms with van der Waals surface area (Å²) in [6.07, 6.45) is 0. The molecular weight excluding hydrogens is 251 g/mol. The van der Waals surface area contributed by atoms with E-state index in [1.54, 1.807) is 13.8 Å². The molecular formula is C13H17FN2O3. The highest BCUT2D eigenvalue weighted by atomic mass is 19.1. The maximum Gasteiger partial charge on any atom is 0.328 e. The molecule has 6 heteroatoms. The number of para-hydroxylation sites is 1. The average molecular weight is 268 g/mol. The van der Waals surface area contributed by atoms with Crippen LogP contribution in [0.15, 0.2) is 18.2 Å². The molecule has 3 N–H and O–H groups in total. The lowest BCUT2D eigenvalue weighted by Gasteiger charge is -2.20. The molecule has 0 aliphatic heterocycles. The van der Waals surface area contributed by atoms with Crippen LogP contribution in [0.4, 0.5) is 10.1 Å². The van der Waals surface area contributed by atoms with Gasteiger partial charge in [0.25, 0.3) is 5.91 Å². The molecule has 0 saturated heterocycles. The molecule has 0 saturated carbocycles. The van der Waals surface area contributed by atoms with Gasteiger partial charge in [0.05, 0.1) is 18.4 Å². The van der Waals surface area contributed by atoms with Crippen LogP contribution in [0.3, 0.4) is 0 Å². The van der Waals surface area contributed by atoms with Crippen molar-refractivity contribution in [2.75, 3.05) is 12.8 Å². The molecule has 1 amide bonds. The smallest absolute Gasteiger partial charge is 0.328 e. The van der Waals surface area contributed by atoms with Crippen molar-refractivity contribution in [1.29, 1.82) is 0 Å². The summed E-state index contributed by atoms with van der Waals surface area (Å²) in [7, 11) is 1.24. The fourth-order valence-corrected chi connectivity index (χ4v) is 1.58. The Morgan fingerprint density at radius 2 is 2.00 bits per heavy atom. The number of benzene rings is 1. The standard InChI is InChI=1S/C13H17FN2O3/c1-7(2)11(13(18)19-3)16-12(17)8-5-4-6-9(14)10(8)15/h4-7,11H,15H2,1-3H3,(H,16,17). The molecule has 0 aromatic heterocycles. The molecule has 1 unspecified atom stereocenters. The number of nitrogen functional groups attached to an aromatic ring is 1. The maximum absolute atomic E-state index is 13.3. The highest BCUT2D eigenvalue weighted by Crippen LogP contribution is 2.16. The van der Waals surface area contributed by atoms with E-state index in [4.69, 9.17) is 5.73 Å². The van der Waals surface area contributed by atoms with E-state index in [0.29, 0.717) is 0 Å². The average Bonchev–Trinajstić information content (AvgIpc) is 2.37. The van der Waals surface area contributed by atoms with Gasteiger partial charge in [0.15, 0.2) is 0 Å². The molecule has 0 bridgehead atoms. The predicted molar refractivity (Wildman–Crippen MR) is 68.9 cm³/mol. The Hall–Kier alpha value is -2.11. The van der Waals surface area contributed by atoms with Gasteiger partial charge in [0.2, 0.25) is 0 Å². The number of ether oxygens (including phenoxy) is 1. The first-order valence-electron chi connectivity index (χ1n) is 5.81. The van der Waals surface area contributed by atoms with E-state index < -0.39 is 23.7 Å². The van der Waals surface area contributed by atoms with Crippen molar-refractivity contribution in [3.05, 3.63) is 29.6 Å². The number of nitrogens with one attached hydrogen (secondary N) is 1. The van der Waals surface area contributed by atoms with Crippen molar-refractivity contribution in [3.8, 4) is 0 Å². The minimum atomic E-state index is -0.805. The van der Waals surface area contributed by atoms with E-state index in [9.17, 15) is 14.0 Å². The van der Waals surface area contributed by atoms with E-state index in [-0.39, 0.29) is 17.2 Å². The minimum Gasteiger partial charge on any atom is -0.467 e. The van der Waals surface area contributed by atoms with Gasteiger partial charge in [0, 0.05) is 0 Å². The molecule has 0 aliphatic carbocycles. The summed E-state index contributed by atoms with van der Waals surface area (Å²) in [5, 5.41) is 2.49. The van der Waals surface area contributed by atoms with Gasteiger partial charge in [-0.2, -0.15) is 0 Å². The van der Waals surface area contributed by atoms with Gasteiger partial charge in [0.1, 0.15) is 11.9 Å². The minimum absolute atomic E-state index is 0.00504. The third-order valence-electron chi connectivity index (χ3n) is 2.71. The van der Waals surface area contributed by atoms with Crippen LogP contribution in [0, 0.1) is 11.7 Å². The van der Waals surface area contributed by atoms with Gasteiger partial charge in [-0.1, -0.05) is 19.9 Å². The quantitative estimate of drug-likeness (QED) is 0.637. The summed E-state index contributed by atoms with van der Waals surface area (Å²) < 4.78 is 17.9. The number of methoxy groups -OCH3 is 1. The largest absolute Gasteiger partial charge is 0.467 e. The lowest BCUT2D eigenvalue weighted by Crippen LogP contribution is -2.45. The van der Waals surface area contributed by atoms with Crippen LogP contribution in [0.2, 0.25) is 0 Å². The second-order valence-electron chi connectivity index (χ2n) is 4.42. The first-order valence-corrected chi connectivity index (χ1v) is 5.81. The highest BCUT2D eigenvalue weighted by Gasteiger charge is 2.26. The molecule has 1 rings (SSSR count). The topological polar surface area (TPSA) is 81.4 Å². The van der Waals surface area contributed by atoms with Gasteiger partial charge in [-0.25, -0.2) is 9.18 Å². The van der Waals surface area contributed by atoms with Crippen molar-refractivity contribution >= 4 is 17.6 Å². The summed E-state index contributed by atoms with van der Waals surface area (Å²) in [6, 6.07) is 3.12. The highest BCUT2D eigenvalue weighted by molar-refractivity contribution is 6.01. The molecule has 5 nitrogen and oxygen atoms in total. The predicted octanol–water partition coefficient (Wildman–Crippen LogP) is 1.34. The van der Waals surface area contributed by atoms with Crippen LogP contribution in [-0.4, -0.2) is 25.0 Å². The van der Waals surface area contributed by atoms with Gasteiger partial charge in [-0.05, 0) is 18.1 Å². The van der Waals surface area contributed by atoms with E-state index in [2.05, 4.69) is 10.1 Å². The molecule has 104 valence electrons. The van der Waals surface area contributed by atoms with E-state index in [1.165, 1.54) is 19.2 Å². The molecule has 0 radical (unpaired) electrons. The first-order chi connectivity index (χ1) is 8.88.